The molecule has 1 saturated heterocycles. The first-order valence-electron chi connectivity index (χ1n) is 6.94. The minimum Gasteiger partial charge on any atom is -0.459 e. The van der Waals surface area contributed by atoms with Gasteiger partial charge < -0.3 is 9.47 Å². The normalized spacial score (nSPS) is 38.4. The molecule has 6 unspecified atom stereocenters. The molecule has 0 aromatic carbocycles. The summed E-state index contributed by atoms with van der Waals surface area (Å²) >= 11 is 0. The van der Waals surface area contributed by atoms with E-state index in [0.717, 1.165) is 6.42 Å². The van der Waals surface area contributed by atoms with Crippen molar-refractivity contribution >= 4 is 16.1 Å². The number of rotatable bonds is 6. The lowest BCUT2D eigenvalue weighted by atomic mass is 9.88. The maximum atomic E-state index is 13.3. The van der Waals surface area contributed by atoms with Gasteiger partial charge in [0.1, 0.15) is 6.10 Å². The zero-order valence-electron chi connectivity index (χ0n) is 11.3. The maximum Gasteiger partial charge on any atom is 0.400 e. The molecule has 0 aromatic heterocycles. The minimum atomic E-state index is -5.81. The van der Waals surface area contributed by atoms with Crippen LogP contribution in [-0.4, -0.2) is 49.2 Å². The quantitative estimate of drug-likeness (QED) is 0.574. The largest absolute Gasteiger partial charge is 0.459 e. The summed E-state index contributed by atoms with van der Waals surface area (Å²) in [4.78, 5) is 11.5. The van der Waals surface area contributed by atoms with Crippen LogP contribution in [0.3, 0.4) is 0 Å². The zero-order valence-corrected chi connectivity index (χ0v) is 12.1. The van der Waals surface area contributed by atoms with Gasteiger partial charge >= 0.3 is 21.3 Å². The number of carbonyl (C=O) groups is 1. The maximum absolute atomic E-state index is 13.3. The molecule has 0 amide bonds. The second-order valence-corrected chi connectivity index (χ2v) is 7.53. The first-order chi connectivity index (χ1) is 10.1. The highest BCUT2D eigenvalue weighted by Crippen LogP contribution is 2.55. The predicted octanol–water partition coefficient (Wildman–Crippen LogP) is 1.16. The van der Waals surface area contributed by atoms with Crippen molar-refractivity contribution in [3.63, 3.8) is 0 Å². The molecule has 0 spiro atoms. The summed E-state index contributed by atoms with van der Waals surface area (Å²) in [7, 11) is -5.81. The van der Waals surface area contributed by atoms with Gasteiger partial charge in [-0.1, -0.05) is 0 Å². The molecular formula is C12H15F3O6S. The molecule has 3 rings (SSSR count). The highest BCUT2D eigenvalue weighted by Gasteiger charge is 2.62. The van der Waals surface area contributed by atoms with Crippen molar-refractivity contribution in [2.45, 2.75) is 42.9 Å². The number of hydrogen-bond acceptors (Lipinski definition) is 5. The third kappa shape index (κ3) is 2.31. The van der Waals surface area contributed by atoms with Crippen LogP contribution >= 0.6 is 0 Å². The molecule has 2 saturated carbocycles. The van der Waals surface area contributed by atoms with E-state index in [9.17, 15) is 26.4 Å². The van der Waals surface area contributed by atoms with E-state index < -0.39 is 46.8 Å². The van der Waals surface area contributed by atoms with E-state index in [-0.39, 0.29) is 23.7 Å². The number of hydrogen-bond donors (Lipinski definition) is 1. The first-order valence-corrected chi connectivity index (χ1v) is 8.38. The minimum absolute atomic E-state index is 0.0722. The Kier molecular flexibility index (Phi) is 3.69. The molecule has 0 aromatic rings. The molecule has 6 nitrogen and oxygen atoms in total. The topological polar surface area (TPSA) is 89.9 Å². The lowest BCUT2D eigenvalue weighted by Crippen LogP contribution is -2.40. The Morgan fingerprint density at radius 1 is 1.41 bits per heavy atom. The first kappa shape index (κ1) is 16.0. The van der Waals surface area contributed by atoms with Gasteiger partial charge in [-0.05, 0) is 18.8 Å². The Labute approximate surface area is 124 Å². The molecule has 0 radical (unpaired) electrons. The van der Waals surface area contributed by atoms with Crippen LogP contribution in [-0.2, 0) is 24.4 Å². The van der Waals surface area contributed by atoms with Crippen LogP contribution in [0.15, 0.2) is 0 Å². The predicted molar refractivity (Wildman–Crippen MR) is 65.3 cm³/mol. The lowest BCUT2D eigenvalue weighted by Gasteiger charge is -2.26. The van der Waals surface area contributed by atoms with Gasteiger partial charge in [0.15, 0.2) is 6.17 Å². The van der Waals surface area contributed by atoms with Crippen molar-refractivity contribution in [2.24, 2.45) is 17.8 Å². The standard InChI is InChI=1S/C12H15F3O6S/c13-8(12(14,15)22(17,18)19)1-2-20-9-5-3-6-7(4-5)11(16)21-10(6)9/h5-10H,1-4H2,(H,17,18,19). The van der Waals surface area contributed by atoms with E-state index in [4.69, 9.17) is 14.0 Å². The molecule has 1 heterocycles. The number of ether oxygens (including phenoxy) is 2. The summed E-state index contributed by atoms with van der Waals surface area (Å²) in [6.07, 6.45) is -3.46. The van der Waals surface area contributed by atoms with E-state index in [0.29, 0.717) is 6.42 Å². The van der Waals surface area contributed by atoms with Crippen molar-refractivity contribution in [2.75, 3.05) is 6.61 Å². The van der Waals surface area contributed by atoms with E-state index in [1.54, 1.807) is 0 Å². The molecule has 10 heteroatoms. The van der Waals surface area contributed by atoms with Crippen LogP contribution < -0.4 is 0 Å². The van der Waals surface area contributed by atoms with E-state index >= 15 is 0 Å². The average molecular weight is 344 g/mol. The van der Waals surface area contributed by atoms with Crippen LogP contribution in [0.25, 0.3) is 0 Å². The SMILES string of the molecule is O=C1OC2C3CC(CC13)C2OCCC(F)C(F)(F)S(=O)(=O)O. The second kappa shape index (κ2) is 5.07. The van der Waals surface area contributed by atoms with Crippen LogP contribution in [0.1, 0.15) is 19.3 Å². The molecule has 22 heavy (non-hydrogen) atoms. The van der Waals surface area contributed by atoms with Crippen molar-refractivity contribution in [3.8, 4) is 0 Å². The summed E-state index contributed by atoms with van der Waals surface area (Å²) in [6.45, 7) is -0.446. The highest BCUT2D eigenvalue weighted by molar-refractivity contribution is 7.86. The van der Waals surface area contributed by atoms with Gasteiger partial charge in [0.2, 0.25) is 0 Å². The third-order valence-corrected chi connectivity index (χ3v) is 5.75. The summed E-state index contributed by atoms with van der Waals surface area (Å²) < 4.78 is 79.1. The Bertz CT molecular complexity index is 579. The summed E-state index contributed by atoms with van der Waals surface area (Å²) in [6, 6.07) is 0. The van der Waals surface area contributed by atoms with Crippen molar-refractivity contribution < 1.29 is 40.4 Å². The van der Waals surface area contributed by atoms with Crippen molar-refractivity contribution in [1.82, 2.24) is 0 Å². The third-order valence-electron chi connectivity index (χ3n) is 4.80. The van der Waals surface area contributed by atoms with E-state index in [2.05, 4.69) is 0 Å². The molecule has 1 aliphatic heterocycles. The molecular weight excluding hydrogens is 329 g/mol. The zero-order chi connectivity index (χ0) is 16.3. The van der Waals surface area contributed by atoms with Gasteiger partial charge in [0.05, 0.1) is 18.6 Å². The van der Waals surface area contributed by atoms with Crippen LogP contribution in [0.5, 0.6) is 0 Å². The fraction of sp³-hybridized carbons (Fsp3) is 0.917. The number of carbonyl (C=O) groups excluding carboxylic acids is 1. The molecule has 3 aliphatic rings. The Morgan fingerprint density at radius 3 is 2.73 bits per heavy atom. The fourth-order valence-corrected chi connectivity index (χ4v) is 4.21. The van der Waals surface area contributed by atoms with Crippen LogP contribution in [0, 0.1) is 17.8 Å². The molecule has 1 N–H and O–H groups in total. The monoisotopic (exact) mass is 344 g/mol. The lowest BCUT2D eigenvalue weighted by molar-refractivity contribution is -0.147. The number of halogens is 3. The molecule has 3 fully saturated rings. The van der Waals surface area contributed by atoms with E-state index in [1.807, 2.05) is 0 Å². The smallest absolute Gasteiger partial charge is 0.400 e. The van der Waals surface area contributed by atoms with Gasteiger partial charge in [-0.25, -0.2) is 4.39 Å². The molecule has 2 bridgehead atoms. The van der Waals surface area contributed by atoms with Gasteiger partial charge in [-0.3, -0.25) is 9.35 Å². The van der Waals surface area contributed by atoms with Gasteiger partial charge in [-0.15, -0.1) is 0 Å². The number of fused-ring (bicyclic) bond motifs is 1. The summed E-state index contributed by atoms with van der Waals surface area (Å²) in [5.41, 5.74) is 0. The van der Waals surface area contributed by atoms with Crippen molar-refractivity contribution in [3.05, 3.63) is 0 Å². The van der Waals surface area contributed by atoms with Crippen molar-refractivity contribution in [1.29, 1.82) is 0 Å². The fourth-order valence-electron chi connectivity index (χ4n) is 3.77. The van der Waals surface area contributed by atoms with Gasteiger partial charge in [0, 0.05) is 12.3 Å². The van der Waals surface area contributed by atoms with Crippen LogP contribution in [0.4, 0.5) is 13.2 Å². The molecule has 2 aliphatic carbocycles. The molecule has 126 valence electrons. The van der Waals surface area contributed by atoms with Gasteiger partial charge in [-0.2, -0.15) is 17.2 Å². The summed E-state index contributed by atoms with van der Waals surface area (Å²) in [5.74, 6) is -0.243. The van der Waals surface area contributed by atoms with E-state index in [1.165, 1.54) is 0 Å². The molecule has 6 atom stereocenters. The Balaban J connectivity index is 1.54. The highest BCUT2D eigenvalue weighted by atomic mass is 32.2. The number of alkyl halides is 3. The average Bonchev–Trinajstić information content (AvgIpc) is 3.01. The number of esters is 1. The van der Waals surface area contributed by atoms with Gasteiger partial charge in [0.25, 0.3) is 0 Å². The Morgan fingerprint density at radius 2 is 2.09 bits per heavy atom. The van der Waals surface area contributed by atoms with Crippen LogP contribution in [0.2, 0.25) is 0 Å². The Hall–Kier alpha value is -0.870. The summed E-state index contributed by atoms with van der Waals surface area (Å²) in [5, 5.41) is -4.87. The second-order valence-electron chi connectivity index (χ2n) is 6.03.